The summed E-state index contributed by atoms with van der Waals surface area (Å²) >= 11 is 0. The number of nitrogens with zero attached hydrogens (tertiary/aromatic N) is 5. The first-order valence-electron chi connectivity index (χ1n) is 13.7. The molecular formula is C30H29FN6O3. The summed E-state index contributed by atoms with van der Waals surface area (Å²) in [5, 5.41) is 0. The molecule has 1 fully saturated rings. The molecule has 7 rings (SSSR count). The zero-order valence-corrected chi connectivity index (χ0v) is 21.9. The smallest absolute Gasteiger partial charge is 0.262 e. The first-order valence-corrected chi connectivity index (χ1v) is 13.7. The third kappa shape index (κ3) is 4.09. The second-order valence-electron chi connectivity index (χ2n) is 11.0. The third-order valence-electron chi connectivity index (χ3n) is 8.46. The minimum atomic E-state index is -1.20. The van der Waals surface area contributed by atoms with Crippen LogP contribution in [0.5, 0.6) is 5.75 Å². The number of guanidine groups is 1. The van der Waals surface area contributed by atoms with E-state index in [0.29, 0.717) is 60.9 Å². The number of hydrogen-bond acceptors (Lipinski definition) is 7. The second-order valence-corrected chi connectivity index (χ2v) is 11.0. The topological polar surface area (TPSA) is 114 Å². The van der Waals surface area contributed by atoms with Crippen molar-refractivity contribution in [2.24, 2.45) is 16.6 Å². The highest BCUT2D eigenvalue weighted by Gasteiger charge is 2.52. The lowest BCUT2D eigenvalue weighted by Crippen LogP contribution is -2.46. The van der Waals surface area contributed by atoms with Crippen LogP contribution in [-0.4, -0.2) is 44.1 Å². The van der Waals surface area contributed by atoms with Gasteiger partial charge in [-0.15, -0.1) is 0 Å². The van der Waals surface area contributed by atoms with Crippen LogP contribution in [0.1, 0.15) is 71.0 Å². The Morgan fingerprint density at radius 2 is 1.77 bits per heavy atom. The van der Waals surface area contributed by atoms with E-state index >= 15 is 0 Å². The van der Waals surface area contributed by atoms with E-state index in [1.54, 1.807) is 52.5 Å². The van der Waals surface area contributed by atoms with Crippen molar-refractivity contribution in [2.45, 2.75) is 56.8 Å². The van der Waals surface area contributed by atoms with Gasteiger partial charge < -0.3 is 15.4 Å². The number of carbonyl (C=O) groups excluding carboxylic acids is 2. The molecule has 2 atom stereocenters. The minimum absolute atomic E-state index is 0.131. The van der Waals surface area contributed by atoms with Crippen molar-refractivity contribution in [2.75, 3.05) is 6.61 Å². The SMILES string of the molecule is NC1=N[C@](CCC2CC2)(c2ccc(F)cc2)C(=O)N1C1CCOc2ccc(C(=O)N3Cc4nccnc4C3)cc21. The van der Waals surface area contributed by atoms with Crippen LogP contribution in [0.25, 0.3) is 0 Å². The maximum Gasteiger partial charge on any atom is 0.262 e. The number of ether oxygens (including phenoxy) is 1. The van der Waals surface area contributed by atoms with Gasteiger partial charge in [0.1, 0.15) is 11.6 Å². The molecule has 3 aromatic rings. The van der Waals surface area contributed by atoms with Crippen LogP contribution in [-0.2, 0) is 23.4 Å². The van der Waals surface area contributed by atoms with Crippen molar-refractivity contribution in [1.29, 1.82) is 0 Å². The van der Waals surface area contributed by atoms with Gasteiger partial charge in [-0.05, 0) is 54.7 Å². The number of halogens is 1. The van der Waals surface area contributed by atoms with Crippen LogP contribution in [0.3, 0.4) is 0 Å². The van der Waals surface area contributed by atoms with Gasteiger partial charge in [0.2, 0.25) is 0 Å². The molecule has 2 amide bonds. The normalized spacial score (nSPS) is 23.5. The fraction of sp³-hybridized carbons (Fsp3) is 0.367. The van der Waals surface area contributed by atoms with Gasteiger partial charge in [0.05, 0.1) is 37.1 Å². The molecule has 0 bridgehead atoms. The van der Waals surface area contributed by atoms with Crippen molar-refractivity contribution < 1.29 is 18.7 Å². The lowest BCUT2D eigenvalue weighted by atomic mass is 9.84. The van der Waals surface area contributed by atoms with Gasteiger partial charge in [0.25, 0.3) is 11.8 Å². The molecule has 4 heterocycles. The van der Waals surface area contributed by atoms with Gasteiger partial charge in [-0.25, -0.2) is 9.38 Å². The summed E-state index contributed by atoms with van der Waals surface area (Å²) in [6, 6.07) is 10.9. The van der Waals surface area contributed by atoms with E-state index in [4.69, 9.17) is 15.5 Å². The lowest BCUT2D eigenvalue weighted by molar-refractivity contribution is -0.134. The number of carbonyl (C=O) groups is 2. The average molecular weight is 541 g/mol. The molecule has 2 N–H and O–H groups in total. The highest BCUT2D eigenvalue weighted by molar-refractivity contribution is 6.07. The molecule has 3 aliphatic heterocycles. The molecule has 0 radical (unpaired) electrons. The Morgan fingerprint density at radius 3 is 2.48 bits per heavy atom. The van der Waals surface area contributed by atoms with Crippen LogP contribution in [0.4, 0.5) is 4.39 Å². The van der Waals surface area contributed by atoms with Crippen molar-refractivity contribution in [1.82, 2.24) is 19.8 Å². The fourth-order valence-electron chi connectivity index (χ4n) is 6.12. The molecule has 1 unspecified atom stereocenters. The van der Waals surface area contributed by atoms with Gasteiger partial charge in [-0.2, -0.15) is 0 Å². The van der Waals surface area contributed by atoms with E-state index < -0.39 is 11.6 Å². The fourth-order valence-corrected chi connectivity index (χ4v) is 6.12. The maximum absolute atomic E-state index is 14.3. The molecular weight excluding hydrogens is 511 g/mol. The number of benzene rings is 2. The molecule has 10 heteroatoms. The largest absolute Gasteiger partial charge is 0.493 e. The van der Waals surface area contributed by atoms with Gasteiger partial charge in [0.15, 0.2) is 11.5 Å². The third-order valence-corrected chi connectivity index (χ3v) is 8.46. The van der Waals surface area contributed by atoms with Crippen molar-refractivity contribution in [3.05, 3.63) is 88.8 Å². The van der Waals surface area contributed by atoms with E-state index in [2.05, 4.69) is 9.97 Å². The van der Waals surface area contributed by atoms with Crippen LogP contribution < -0.4 is 10.5 Å². The van der Waals surface area contributed by atoms with Crippen LogP contribution in [0, 0.1) is 11.7 Å². The Morgan fingerprint density at radius 1 is 1.05 bits per heavy atom. The zero-order valence-electron chi connectivity index (χ0n) is 21.9. The van der Waals surface area contributed by atoms with Gasteiger partial charge >= 0.3 is 0 Å². The van der Waals surface area contributed by atoms with Crippen molar-refractivity contribution >= 4 is 17.8 Å². The van der Waals surface area contributed by atoms with Gasteiger partial charge in [0, 0.05) is 29.9 Å². The van der Waals surface area contributed by atoms with Gasteiger partial charge in [-0.1, -0.05) is 25.0 Å². The monoisotopic (exact) mass is 540 g/mol. The Hall–Kier alpha value is -4.34. The summed E-state index contributed by atoms with van der Waals surface area (Å²) < 4.78 is 19.7. The Balaban J connectivity index is 1.21. The molecule has 4 aliphatic rings. The number of aliphatic imine (C=N–C) groups is 1. The van der Waals surface area contributed by atoms with Gasteiger partial charge in [-0.3, -0.25) is 24.5 Å². The van der Waals surface area contributed by atoms with E-state index in [0.717, 1.165) is 30.7 Å². The predicted molar refractivity (Wildman–Crippen MR) is 143 cm³/mol. The Labute approximate surface area is 230 Å². The van der Waals surface area contributed by atoms with E-state index in [1.807, 2.05) is 0 Å². The highest BCUT2D eigenvalue weighted by atomic mass is 19.1. The summed E-state index contributed by atoms with van der Waals surface area (Å²) in [6.45, 7) is 1.18. The molecule has 204 valence electrons. The van der Waals surface area contributed by atoms with E-state index in [1.165, 1.54) is 12.1 Å². The number of nitrogens with two attached hydrogens (primary N) is 1. The number of fused-ring (bicyclic) bond motifs is 2. The van der Waals surface area contributed by atoms with Crippen LogP contribution in [0.15, 0.2) is 59.9 Å². The molecule has 0 saturated heterocycles. The molecule has 40 heavy (non-hydrogen) atoms. The maximum atomic E-state index is 14.3. The molecule has 1 saturated carbocycles. The number of hydrogen-bond donors (Lipinski definition) is 1. The zero-order chi connectivity index (χ0) is 27.4. The van der Waals surface area contributed by atoms with Crippen molar-refractivity contribution in [3.63, 3.8) is 0 Å². The number of aromatic nitrogens is 2. The van der Waals surface area contributed by atoms with E-state index in [9.17, 15) is 14.0 Å². The Bertz CT molecular complexity index is 1510. The standard InChI is InChI=1S/C30H29FN6O3/c31-21-6-4-20(5-7-21)30(11-9-18-1-2-18)28(39)37(29(32)35-30)25-10-14-40-26-8-3-19(15-22(25)26)27(38)36-16-23-24(17-36)34-13-12-33-23/h3-8,12-13,15,18,25H,1-2,9-11,14,16-17H2,(H2,32,35)/t25?,30-/m1/s1. The summed E-state index contributed by atoms with van der Waals surface area (Å²) in [7, 11) is 0. The average Bonchev–Trinajstić information content (AvgIpc) is 3.64. The predicted octanol–water partition coefficient (Wildman–Crippen LogP) is 3.84. The second kappa shape index (κ2) is 9.39. The first-order chi connectivity index (χ1) is 19.4. The first kappa shape index (κ1) is 24.7. The molecule has 1 aliphatic carbocycles. The number of amides is 2. The summed E-state index contributed by atoms with van der Waals surface area (Å²) in [6.07, 6.45) is 7.40. The molecule has 0 spiro atoms. The lowest BCUT2D eigenvalue weighted by Gasteiger charge is -2.35. The Kier molecular flexibility index (Phi) is 5.80. The minimum Gasteiger partial charge on any atom is -0.493 e. The summed E-state index contributed by atoms with van der Waals surface area (Å²) in [5.74, 6) is 0.578. The number of rotatable bonds is 6. The summed E-state index contributed by atoms with van der Waals surface area (Å²) in [5.41, 5.74) is 8.75. The van der Waals surface area contributed by atoms with Crippen LogP contribution in [0.2, 0.25) is 0 Å². The van der Waals surface area contributed by atoms with E-state index in [-0.39, 0.29) is 23.6 Å². The molecule has 9 nitrogen and oxygen atoms in total. The highest BCUT2D eigenvalue weighted by Crippen LogP contribution is 2.46. The quantitative estimate of drug-likeness (QED) is 0.508. The van der Waals surface area contributed by atoms with Crippen molar-refractivity contribution in [3.8, 4) is 5.75 Å². The molecule has 1 aromatic heterocycles. The van der Waals surface area contributed by atoms with Crippen LogP contribution >= 0.6 is 0 Å². The summed E-state index contributed by atoms with van der Waals surface area (Å²) in [4.78, 5) is 44.6. The molecule has 2 aromatic carbocycles.